The fourth-order valence-electron chi connectivity index (χ4n) is 1.89. The fraction of sp³-hybridized carbons (Fsp3) is 0.308. The van der Waals surface area contributed by atoms with Crippen molar-refractivity contribution in [2.24, 2.45) is 5.92 Å². The van der Waals surface area contributed by atoms with Gasteiger partial charge in [-0.15, -0.1) is 0 Å². The molecule has 0 unspecified atom stereocenters. The summed E-state index contributed by atoms with van der Waals surface area (Å²) in [5.41, 5.74) is 1.04. The minimum atomic E-state index is 0.719. The van der Waals surface area contributed by atoms with Gasteiger partial charge in [-0.3, -0.25) is 0 Å². The number of aromatic nitrogens is 1. The summed E-state index contributed by atoms with van der Waals surface area (Å²) in [7, 11) is 0. The number of oxazole rings is 1. The summed E-state index contributed by atoms with van der Waals surface area (Å²) in [4.78, 5) is 4.31. The van der Waals surface area contributed by atoms with E-state index in [2.05, 4.69) is 10.3 Å². The lowest BCUT2D eigenvalue weighted by Crippen LogP contribution is -2.42. The molecule has 1 aliphatic heterocycles. The van der Waals surface area contributed by atoms with Crippen LogP contribution in [0.5, 0.6) is 0 Å². The van der Waals surface area contributed by atoms with E-state index in [1.165, 1.54) is 0 Å². The van der Waals surface area contributed by atoms with Crippen molar-refractivity contribution in [1.82, 2.24) is 10.3 Å². The Labute approximate surface area is 94.5 Å². The van der Waals surface area contributed by atoms with Gasteiger partial charge in [-0.05, 0) is 31.1 Å². The molecule has 2 aromatic rings. The zero-order valence-electron chi connectivity index (χ0n) is 9.02. The first kappa shape index (κ1) is 9.60. The first-order valence-electron chi connectivity index (χ1n) is 5.62. The Morgan fingerprint density at radius 3 is 2.75 bits per heavy atom. The Bertz CT molecular complexity index is 460. The highest BCUT2D eigenvalue weighted by Crippen LogP contribution is 2.20. The third-order valence-corrected chi connectivity index (χ3v) is 2.93. The highest BCUT2D eigenvalue weighted by atomic mass is 16.4. The van der Waals surface area contributed by atoms with Crippen LogP contribution < -0.4 is 5.32 Å². The van der Waals surface area contributed by atoms with E-state index >= 15 is 0 Å². The quantitative estimate of drug-likeness (QED) is 0.850. The van der Waals surface area contributed by atoms with Crippen molar-refractivity contribution in [3.05, 3.63) is 42.3 Å². The maximum atomic E-state index is 5.74. The number of rotatable bonds is 3. The molecule has 2 heterocycles. The number of nitrogens with one attached hydrogen (secondary N) is 1. The monoisotopic (exact) mass is 214 g/mol. The van der Waals surface area contributed by atoms with Crippen LogP contribution in [0.4, 0.5) is 0 Å². The summed E-state index contributed by atoms with van der Waals surface area (Å²) in [6, 6.07) is 10.0. The number of hydrogen-bond donors (Lipinski definition) is 1. The van der Waals surface area contributed by atoms with Crippen molar-refractivity contribution in [1.29, 1.82) is 0 Å². The Balaban J connectivity index is 1.77. The van der Waals surface area contributed by atoms with Crippen LogP contribution in [0.3, 0.4) is 0 Å². The van der Waals surface area contributed by atoms with Gasteiger partial charge in [0.1, 0.15) is 5.76 Å². The highest BCUT2D eigenvalue weighted by Gasteiger charge is 2.19. The van der Waals surface area contributed by atoms with Crippen LogP contribution in [0.1, 0.15) is 5.76 Å². The van der Waals surface area contributed by atoms with E-state index in [0.717, 1.165) is 42.6 Å². The molecule has 0 atom stereocenters. The average molecular weight is 214 g/mol. The second kappa shape index (κ2) is 4.10. The summed E-state index contributed by atoms with van der Waals surface area (Å²) in [5, 5.41) is 3.26. The van der Waals surface area contributed by atoms with Gasteiger partial charge in [0.25, 0.3) is 0 Å². The molecule has 3 nitrogen and oxygen atoms in total. The lowest BCUT2D eigenvalue weighted by atomic mass is 9.98. The third kappa shape index (κ3) is 1.86. The topological polar surface area (TPSA) is 38.1 Å². The number of hydrogen-bond acceptors (Lipinski definition) is 3. The molecule has 3 heteroatoms. The molecule has 16 heavy (non-hydrogen) atoms. The molecular formula is C13H14N2O. The maximum Gasteiger partial charge on any atom is 0.226 e. The summed E-state index contributed by atoms with van der Waals surface area (Å²) in [5.74, 6) is 2.44. The van der Waals surface area contributed by atoms with Gasteiger partial charge in [0.2, 0.25) is 5.89 Å². The smallest absolute Gasteiger partial charge is 0.226 e. The van der Waals surface area contributed by atoms with E-state index in [1.807, 2.05) is 36.5 Å². The first-order valence-corrected chi connectivity index (χ1v) is 5.62. The molecule has 0 saturated carbocycles. The van der Waals surface area contributed by atoms with E-state index in [-0.39, 0.29) is 0 Å². The number of benzene rings is 1. The lowest BCUT2D eigenvalue weighted by molar-refractivity contribution is 0.324. The van der Waals surface area contributed by atoms with Crippen LogP contribution in [0.15, 0.2) is 40.9 Å². The van der Waals surface area contributed by atoms with Crippen molar-refractivity contribution in [2.45, 2.75) is 6.42 Å². The molecule has 1 saturated heterocycles. The largest absolute Gasteiger partial charge is 0.441 e. The highest BCUT2D eigenvalue weighted by molar-refractivity contribution is 5.52. The molecule has 1 fully saturated rings. The zero-order chi connectivity index (χ0) is 10.8. The summed E-state index contributed by atoms with van der Waals surface area (Å²) < 4.78 is 5.74. The van der Waals surface area contributed by atoms with Crippen LogP contribution in [0, 0.1) is 5.92 Å². The van der Waals surface area contributed by atoms with E-state index in [1.54, 1.807) is 0 Å². The van der Waals surface area contributed by atoms with Crippen molar-refractivity contribution in [2.75, 3.05) is 13.1 Å². The van der Waals surface area contributed by atoms with Gasteiger partial charge in [-0.2, -0.15) is 0 Å². The zero-order valence-corrected chi connectivity index (χ0v) is 9.02. The molecule has 1 aromatic carbocycles. The molecule has 0 radical (unpaired) electrons. The van der Waals surface area contributed by atoms with Gasteiger partial charge in [0.15, 0.2) is 0 Å². The van der Waals surface area contributed by atoms with E-state index < -0.39 is 0 Å². The van der Waals surface area contributed by atoms with Gasteiger partial charge < -0.3 is 9.73 Å². The normalized spacial score (nSPS) is 16.0. The van der Waals surface area contributed by atoms with E-state index in [4.69, 9.17) is 4.42 Å². The van der Waals surface area contributed by atoms with Crippen LogP contribution in [-0.2, 0) is 6.42 Å². The van der Waals surface area contributed by atoms with Gasteiger partial charge in [0.05, 0.1) is 6.20 Å². The summed E-state index contributed by atoms with van der Waals surface area (Å²) in [6.45, 7) is 2.20. The van der Waals surface area contributed by atoms with Crippen LogP contribution >= 0.6 is 0 Å². The van der Waals surface area contributed by atoms with Gasteiger partial charge in [-0.1, -0.05) is 18.2 Å². The minimum absolute atomic E-state index is 0.719. The van der Waals surface area contributed by atoms with Crippen LogP contribution in [0.25, 0.3) is 11.5 Å². The Kier molecular flexibility index (Phi) is 2.46. The van der Waals surface area contributed by atoms with Crippen molar-refractivity contribution < 1.29 is 4.42 Å². The molecule has 0 spiro atoms. The second-order valence-electron chi connectivity index (χ2n) is 4.23. The fourth-order valence-corrected chi connectivity index (χ4v) is 1.89. The predicted molar refractivity (Wildman–Crippen MR) is 62.0 cm³/mol. The predicted octanol–water partition coefficient (Wildman–Crippen LogP) is 2.10. The maximum absolute atomic E-state index is 5.74. The van der Waals surface area contributed by atoms with Crippen molar-refractivity contribution in [3.63, 3.8) is 0 Å². The molecular weight excluding hydrogens is 200 g/mol. The van der Waals surface area contributed by atoms with Crippen molar-refractivity contribution >= 4 is 0 Å². The second-order valence-corrected chi connectivity index (χ2v) is 4.23. The average Bonchev–Trinajstić information content (AvgIpc) is 2.73. The van der Waals surface area contributed by atoms with Crippen LogP contribution in [0.2, 0.25) is 0 Å². The SMILES string of the molecule is c1ccc(-c2ncc(CC3CNC3)o2)cc1. The lowest BCUT2D eigenvalue weighted by Gasteiger charge is -2.25. The Morgan fingerprint density at radius 2 is 2.06 bits per heavy atom. The Hall–Kier alpha value is -1.61. The van der Waals surface area contributed by atoms with Gasteiger partial charge in [0, 0.05) is 12.0 Å². The molecule has 0 amide bonds. The molecule has 1 N–H and O–H groups in total. The Morgan fingerprint density at radius 1 is 1.25 bits per heavy atom. The first-order chi connectivity index (χ1) is 7.92. The number of nitrogens with zero attached hydrogens (tertiary/aromatic N) is 1. The molecule has 82 valence electrons. The molecule has 0 bridgehead atoms. The molecule has 1 aromatic heterocycles. The standard InChI is InChI=1S/C13H14N2O/c1-2-4-11(5-3-1)13-15-9-12(16-13)6-10-7-14-8-10/h1-5,9-10,14H,6-8H2. The molecule has 0 aliphatic carbocycles. The van der Waals surface area contributed by atoms with E-state index in [0.29, 0.717) is 0 Å². The third-order valence-electron chi connectivity index (χ3n) is 2.93. The molecule has 1 aliphatic rings. The van der Waals surface area contributed by atoms with Crippen molar-refractivity contribution in [3.8, 4) is 11.5 Å². The minimum Gasteiger partial charge on any atom is -0.441 e. The molecule has 3 rings (SSSR count). The van der Waals surface area contributed by atoms with E-state index in [9.17, 15) is 0 Å². The summed E-state index contributed by atoms with van der Waals surface area (Å²) >= 11 is 0. The van der Waals surface area contributed by atoms with Gasteiger partial charge in [-0.25, -0.2) is 4.98 Å². The summed E-state index contributed by atoms with van der Waals surface area (Å²) in [6.07, 6.45) is 2.84. The van der Waals surface area contributed by atoms with Crippen LogP contribution in [-0.4, -0.2) is 18.1 Å². The van der Waals surface area contributed by atoms with Gasteiger partial charge >= 0.3 is 0 Å².